The van der Waals surface area contributed by atoms with Crippen LogP contribution in [-0.2, 0) is 5.75 Å². The second kappa shape index (κ2) is 6.38. The highest BCUT2D eigenvalue weighted by molar-refractivity contribution is 7.98. The molecule has 2 aromatic rings. The number of nitro groups is 1. The second-order valence-corrected chi connectivity index (χ2v) is 5.20. The zero-order valence-corrected chi connectivity index (χ0v) is 11.7. The van der Waals surface area contributed by atoms with Crippen molar-refractivity contribution in [3.05, 3.63) is 34.1 Å². The summed E-state index contributed by atoms with van der Waals surface area (Å²) in [5.41, 5.74) is 5.98. The Morgan fingerprint density at radius 1 is 1.50 bits per heavy atom. The van der Waals surface area contributed by atoms with E-state index >= 15 is 0 Å². The number of nitro benzene ring substituents is 1. The van der Waals surface area contributed by atoms with Crippen molar-refractivity contribution in [3.8, 4) is 11.5 Å². The number of nitrogen functional groups attached to an aromatic ring is 1. The lowest BCUT2D eigenvalue weighted by Crippen LogP contribution is -1.95. The maximum absolute atomic E-state index is 10.8. The summed E-state index contributed by atoms with van der Waals surface area (Å²) in [4.78, 5) is 14.5. The lowest BCUT2D eigenvalue weighted by molar-refractivity contribution is -0.383. The second-order valence-electron chi connectivity index (χ2n) is 4.10. The molecule has 0 aliphatic rings. The Balaban J connectivity index is 2.19. The van der Waals surface area contributed by atoms with Gasteiger partial charge in [0.05, 0.1) is 10.7 Å². The molecule has 0 saturated heterocycles. The Hall–Kier alpha value is -2.09. The van der Waals surface area contributed by atoms with Crippen molar-refractivity contribution in [2.45, 2.75) is 19.1 Å². The Bertz CT molecular complexity index is 614. The Morgan fingerprint density at radius 2 is 2.30 bits per heavy atom. The first kappa shape index (κ1) is 14.3. The minimum Gasteiger partial charge on any atom is -0.393 e. The number of nitrogens with two attached hydrogens (primary N) is 1. The van der Waals surface area contributed by atoms with Crippen LogP contribution in [0.4, 0.5) is 11.4 Å². The molecule has 1 heterocycles. The van der Waals surface area contributed by atoms with E-state index in [1.165, 1.54) is 12.1 Å². The first-order valence-electron chi connectivity index (χ1n) is 6.06. The van der Waals surface area contributed by atoms with E-state index in [0.29, 0.717) is 17.1 Å². The van der Waals surface area contributed by atoms with Crippen LogP contribution in [0.25, 0.3) is 11.5 Å². The molecule has 8 heteroatoms. The Kier molecular flexibility index (Phi) is 4.57. The molecule has 1 aromatic carbocycles. The fraction of sp³-hybridized carbons (Fsp3) is 0.333. The molecule has 2 N–H and O–H groups in total. The van der Waals surface area contributed by atoms with E-state index in [0.717, 1.165) is 12.2 Å². The minimum atomic E-state index is -0.535. The molecule has 2 rings (SSSR count). The summed E-state index contributed by atoms with van der Waals surface area (Å²) in [7, 11) is 0. The monoisotopic (exact) mass is 294 g/mol. The maximum atomic E-state index is 10.8. The topological polar surface area (TPSA) is 108 Å². The number of hydrogen-bond acceptors (Lipinski definition) is 7. The van der Waals surface area contributed by atoms with Crippen molar-refractivity contribution < 1.29 is 9.45 Å². The average molecular weight is 294 g/mol. The van der Waals surface area contributed by atoms with Crippen LogP contribution >= 0.6 is 11.8 Å². The number of aromatic nitrogens is 2. The molecule has 0 radical (unpaired) electrons. The normalized spacial score (nSPS) is 10.7. The van der Waals surface area contributed by atoms with Gasteiger partial charge in [-0.1, -0.05) is 12.1 Å². The van der Waals surface area contributed by atoms with E-state index in [-0.39, 0.29) is 17.3 Å². The van der Waals surface area contributed by atoms with Gasteiger partial charge in [-0.15, -0.1) is 0 Å². The highest BCUT2D eigenvalue weighted by atomic mass is 32.2. The van der Waals surface area contributed by atoms with Crippen LogP contribution in [0.1, 0.15) is 19.2 Å². The van der Waals surface area contributed by atoms with Gasteiger partial charge >= 0.3 is 0 Å². The van der Waals surface area contributed by atoms with Crippen molar-refractivity contribution in [1.82, 2.24) is 10.1 Å². The highest BCUT2D eigenvalue weighted by Crippen LogP contribution is 2.28. The third kappa shape index (κ3) is 3.27. The summed E-state index contributed by atoms with van der Waals surface area (Å²) >= 11 is 1.71. The van der Waals surface area contributed by atoms with E-state index in [2.05, 4.69) is 17.1 Å². The van der Waals surface area contributed by atoms with Gasteiger partial charge in [-0.3, -0.25) is 10.1 Å². The molecule has 0 fully saturated rings. The molecule has 0 aliphatic heterocycles. The van der Waals surface area contributed by atoms with Crippen LogP contribution in [0.3, 0.4) is 0 Å². The predicted molar refractivity (Wildman–Crippen MR) is 77.3 cm³/mol. The van der Waals surface area contributed by atoms with E-state index < -0.39 is 4.92 Å². The molecular formula is C12H14N4O3S. The molecule has 7 nitrogen and oxygen atoms in total. The van der Waals surface area contributed by atoms with E-state index in [1.54, 1.807) is 17.8 Å². The predicted octanol–water partition coefficient (Wildman–Crippen LogP) is 2.87. The molecule has 0 aliphatic carbocycles. The standard InChI is InChI=1S/C12H14N4O3S/c1-2-5-20-7-11-14-12(19-15-11)8-3-4-9(13)10(6-8)16(17)18/h3-4,6H,2,5,7,13H2,1H3. The van der Waals surface area contributed by atoms with Gasteiger partial charge in [-0.25, -0.2) is 0 Å². The van der Waals surface area contributed by atoms with E-state index in [4.69, 9.17) is 10.3 Å². The Labute approximate surface area is 119 Å². The summed E-state index contributed by atoms with van der Waals surface area (Å²) in [6.45, 7) is 2.10. The van der Waals surface area contributed by atoms with Crippen LogP contribution in [0.5, 0.6) is 0 Å². The molecule has 0 spiro atoms. The molecule has 0 amide bonds. The van der Waals surface area contributed by atoms with Crippen molar-refractivity contribution >= 4 is 23.1 Å². The quantitative estimate of drug-likeness (QED) is 0.377. The van der Waals surface area contributed by atoms with Crippen LogP contribution in [0.15, 0.2) is 22.7 Å². The van der Waals surface area contributed by atoms with Gasteiger partial charge in [0.1, 0.15) is 5.69 Å². The van der Waals surface area contributed by atoms with Gasteiger partial charge in [-0.05, 0) is 24.3 Å². The SMILES string of the molecule is CCCSCc1noc(-c2ccc(N)c([N+](=O)[O-])c2)n1. The molecule has 0 unspecified atom stereocenters. The lowest BCUT2D eigenvalue weighted by atomic mass is 10.2. The molecule has 106 valence electrons. The average Bonchev–Trinajstić information content (AvgIpc) is 2.88. The fourth-order valence-corrected chi connectivity index (χ4v) is 2.31. The van der Waals surface area contributed by atoms with Gasteiger partial charge < -0.3 is 10.3 Å². The number of nitrogens with zero attached hydrogens (tertiary/aromatic N) is 3. The van der Waals surface area contributed by atoms with Crippen molar-refractivity contribution in [2.24, 2.45) is 0 Å². The molecule has 0 bridgehead atoms. The van der Waals surface area contributed by atoms with Gasteiger partial charge in [0.25, 0.3) is 11.6 Å². The van der Waals surface area contributed by atoms with Crippen LogP contribution in [0, 0.1) is 10.1 Å². The molecule has 20 heavy (non-hydrogen) atoms. The first-order valence-corrected chi connectivity index (χ1v) is 7.22. The summed E-state index contributed by atoms with van der Waals surface area (Å²) < 4.78 is 5.12. The Morgan fingerprint density at radius 3 is 3.00 bits per heavy atom. The van der Waals surface area contributed by atoms with E-state index in [1.807, 2.05) is 0 Å². The number of benzene rings is 1. The van der Waals surface area contributed by atoms with Crippen molar-refractivity contribution in [3.63, 3.8) is 0 Å². The van der Waals surface area contributed by atoms with Gasteiger partial charge in [0.2, 0.25) is 0 Å². The largest absolute Gasteiger partial charge is 0.393 e. The lowest BCUT2D eigenvalue weighted by Gasteiger charge is -1.98. The zero-order valence-electron chi connectivity index (χ0n) is 10.9. The molecule has 0 saturated carbocycles. The zero-order chi connectivity index (χ0) is 14.5. The number of anilines is 1. The number of rotatable bonds is 6. The highest BCUT2D eigenvalue weighted by Gasteiger charge is 2.16. The van der Waals surface area contributed by atoms with Gasteiger partial charge in [0, 0.05) is 11.6 Å². The van der Waals surface area contributed by atoms with Crippen LogP contribution < -0.4 is 5.73 Å². The smallest absolute Gasteiger partial charge is 0.292 e. The van der Waals surface area contributed by atoms with Crippen LogP contribution in [0.2, 0.25) is 0 Å². The summed E-state index contributed by atoms with van der Waals surface area (Å²) in [5.74, 6) is 2.53. The summed E-state index contributed by atoms with van der Waals surface area (Å²) in [6, 6.07) is 4.42. The third-order valence-electron chi connectivity index (χ3n) is 2.52. The number of thioether (sulfide) groups is 1. The molecular weight excluding hydrogens is 280 g/mol. The van der Waals surface area contributed by atoms with Crippen LogP contribution in [-0.4, -0.2) is 20.8 Å². The number of hydrogen-bond donors (Lipinski definition) is 1. The summed E-state index contributed by atoms with van der Waals surface area (Å²) in [5, 5.41) is 14.7. The van der Waals surface area contributed by atoms with Crippen molar-refractivity contribution in [2.75, 3.05) is 11.5 Å². The third-order valence-corrected chi connectivity index (χ3v) is 3.68. The van der Waals surface area contributed by atoms with E-state index in [9.17, 15) is 10.1 Å². The first-order chi connectivity index (χ1) is 9.61. The minimum absolute atomic E-state index is 0.108. The molecule has 0 atom stereocenters. The maximum Gasteiger partial charge on any atom is 0.292 e. The van der Waals surface area contributed by atoms with Gasteiger partial charge in [-0.2, -0.15) is 16.7 Å². The fourth-order valence-electron chi connectivity index (χ4n) is 1.57. The molecule has 1 aromatic heterocycles. The summed E-state index contributed by atoms with van der Waals surface area (Å²) in [6.07, 6.45) is 1.08. The van der Waals surface area contributed by atoms with Gasteiger partial charge in [0.15, 0.2) is 5.82 Å². The van der Waals surface area contributed by atoms with Crippen molar-refractivity contribution in [1.29, 1.82) is 0 Å².